The van der Waals surface area contributed by atoms with E-state index in [0.29, 0.717) is 41.0 Å². The summed E-state index contributed by atoms with van der Waals surface area (Å²) in [7, 11) is -3.49. The quantitative estimate of drug-likeness (QED) is 0.715. The number of halogens is 2. The molecule has 1 N–H and O–H groups in total. The number of benzene rings is 1. The first kappa shape index (κ1) is 17.9. The van der Waals surface area contributed by atoms with Crippen molar-refractivity contribution >= 4 is 31.6 Å². The van der Waals surface area contributed by atoms with Crippen LogP contribution in [0.1, 0.15) is 50.0 Å². The van der Waals surface area contributed by atoms with E-state index in [2.05, 4.69) is 21.2 Å². The highest BCUT2D eigenvalue weighted by Gasteiger charge is 2.42. The van der Waals surface area contributed by atoms with Crippen LogP contribution in [0.15, 0.2) is 44.5 Å². The molecule has 2 heterocycles. The summed E-state index contributed by atoms with van der Waals surface area (Å²) < 4.78 is 40.1. The van der Waals surface area contributed by atoms with Crippen molar-refractivity contribution in [2.75, 3.05) is 5.75 Å². The number of nitrogens with one attached hydrogen (secondary N) is 1. The van der Waals surface area contributed by atoms with E-state index in [1.165, 1.54) is 6.07 Å². The zero-order valence-corrected chi connectivity index (χ0v) is 16.6. The SMILES string of the molecule is O=C1CCCC2=C1C(c1ccc(F)c(Br)c1)C1=C(CCCCS1(=O)=O)N2. The van der Waals surface area contributed by atoms with Gasteiger partial charge in [0.15, 0.2) is 15.6 Å². The van der Waals surface area contributed by atoms with Crippen LogP contribution in [0.25, 0.3) is 0 Å². The molecule has 3 aliphatic rings. The Morgan fingerprint density at radius 1 is 1.08 bits per heavy atom. The van der Waals surface area contributed by atoms with Gasteiger partial charge >= 0.3 is 0 Å². The van der Waals surface area contributed by atoms with Gasteiger partial charge in [0, 0.05) is 23.4 Å². The number of ketones is 1. The number of hydrogen-bond donors (Lipinski definition) is 1. The van der Waals surface area contributed by atoms with Crippen LogP contribution in [0.2, 0.25) is 0 Å². The molecule has 7 heteroatoms. The Hall–Kier alpha value is -1.47. The van der Waals surface area contributed by atoms with Crippen molar-refractivity contribution in [3.63, 3.8) is 0 Å². The van der Waals surface area contributed by atoms with Crippen molar-refractivity contribution in [3.05, 3.63) is 55.9 Å². The Bertz CT molecular complexity index is 965. The molecule has 138 valence electrons. The largest absolute Gasteiger partial charge is 0.361 e. The summed E-state index contributed by atoms with van der Waals surface area (Å²) in [6.07, 6.45) is 3.97. The molecule has 1 aromatic rings. The first-order valence-corrected chi connectivity index (χ1v) is 11.3. The third-order valence-corrected chi connectivity index (χ3v) is 7.89. The van der Waals surface area contributed by atoms with Gasteiger partial charge in [-0.2, -0.15) is 0 Å². The minimum Gasteiger partial charge on any atom is -0.361 e. The van der Waals surface area contributed by atoms with E-state index in [1.54, 1.807) is 12.1 Å². The Labute approximate surface area is 160 Å². The van der Waals surface area contributed by atoms with Gasteiger partial charge in [0.25, 0.3) is 0 Å². The molecule has 26 heavy (non-hydrogen) atoms. The average Bonchev–Trinajstić information content (AvgIpc) is 2.74. The van der Waals surface area contributed by atoms with Crippen LogP contribution in [0.3, 0.4) is 0 Å². The molecule has 4 nitrogen and oxygen atoms in total. The van der Waals surface area contributed by atoms with Crippen LogP contribution in [0.5, 0.6) is 0 Å². The lowest BCUT2D eigenvalue weighted by atomic mass is 9.79. The van der Waals surface area contributed by atoms with Gasteiger partial charge in [-0.1, -0.05) is 6.07 Å². The van der Waals surface area contributed by atoms with Crippen LogP contribution in [-0.2, 0) is 14.6 Å². The predicted molar refractivity (Wildman–Crippen MR) is 101 cm³/mol. The molecule has 0 saturated heterocycles. The second kappa shape index (κ2) is 6.60. The molecule has 0 radical (unpaired) electrons. The van der Waals surface area contributed by atoms with Crippen LogP contribution in [0.4, 0.5) is 4.39 Å². The molecule has 2 aliphatic heterocycles. The average molecular weight is 440 g/mol. The summed E-state index contributed by atoms with van der Waals surface area (Å²) in [6, 6.07) is 4.51. The van der Waals surface area contributed by atoms with E-state index in [4.69, 9.17) is 0 Å². The number of sulfone groups is 1. The lowest BCUT2D eigenvalue weighted by molar-refractivity contribution is -0.116. The van der Waals surface area contributed by atoms with E-state index in [-0.39, 0.29) is 16.0 Å². The third-order valence-electron chi connectivity index (χ3n) is 5.31. The number of Topliss-reactive ketones (excluding diaryl/α,β-unsaturated/α-hetero) is 1. The molecule has 1 aliphatic carbocycles. The molecule has 0 saturated carbocycles. The van der Waals surface area contributed by atoms with Crippen molar-refractivity contribution in [1.82, 2.24) is 5.32 Å². The Kier molecular flexibility index (Phi) is 4.55. The molecular weight excluding hydrogens is 421 g/mol. The van der Waals surface area contributed by atoms with E-state index in [0.717, 1.165) is 25.0 Å². The predicted octanol–water partition coefficient (Wildman–Crippen LogP) is 4.09. The van der Waals surface area contributed by atoms with Crippen molar-refractivity contribution < 1.29 is 17.6 Å². The number of carbonyl (C=O) groups is 1. The van der Waals surface area contributed by atoms with E-state index >= 15 is 0 Å². The second-order valence-electron chi connectivity index (χ2n) is 7.02. The van der Waals surface area contributed by atoms with Gasteiger partial charge in [-0.05, 0) is 65.7 Å². The zero-order chi connectivity index (χ0) is 18.5. The van der Waals surface area contributed by atoms with Crippen LogP contribution >= 0.6 is 15.9 Å². The van der Waals surface area contributed by atoms with Gasteiger partial charge in [0.2, 0.25) is 0 Å². The van der Waals surface area contributed by atoms with E-state index in [1.807, 2.05) is 0 Å². The van der Waals surface area contributed by atoms with Gasteiger partial charge in [-0.3, -0.25) is 4.79 Å². The minimum absolute atomic E-state index is 0.0183. The summed E-state index contributed by atoms with van der Waals surface area (Å²) in [6.45, 7) is 0. The van der Waals surface area contributed by atoms with Crippen LogP contribution in [0, 0.1) is 5.82 Å². The monoisotopic (exact) mass is 439 g/mol. The summed E-state index contributed by atoms with van der Waals surface area (Å²) >= 11 is 3.19. The first-order chi connectivity index (χ1) is 12.4. The first-order valence-electron chi connectivity index (χ1n) is 8.82. The fourth-order valence-electron chi connectivity index (χ4n) is 4.14. The maximum Gasteiger partial charge on any atom is 0.177 e. The van der Waals surface area contributed by atoms with Crippen molar-refractivity contribution in [3.8, 4) is 0 Å². The fourth-order valence-corrected chi connectivity index (χ4v) is 6.49. The number of allylic oxidation sites excluding steroid dienone is 4. The van der Waals surface area contributed by atoms with Gasteiger partial charge in [-0.15, -0.1) is 0 Å². The molecule has 0 bridgehead atoms. The van der Waals surface area contributed by atoms with Gasteiger partial charge in [-0.25, -0.2) is 12.8 Å². The number of carbonyl (C=O) groups excluding carboxylic acids is 1. The van der Waals surface area contributed by atoms with Crippen molar-refractivity contribution in [1.29, 1.82) is 0 Å². The Morgan fingerprint density at radius 3 is 2.62 bits per heavy atom. The van der Waals surface area contributed by atoms with Crippen molar-refractivity contribution in [2.45, 2.75) is 44.4 Å². The normalized spacial score (nSPS) is 25.3. The summed E-state index contributed by atoms with van der Waals surface area (Å²) in [5.41, 5.74) is 2.73. The molecule has 0 spiro atoms. The zero-order valence-electron chi connectivity index (χ0n) is 14.1. The molecule has 0 amide bonds. The lowest BCUT2D eigenvalue weighted by Crippen LogP contribution is -2.34. The Morgan fingerprint density at radius 2 is 1.85 bits per heavy atom. The molecule has 1 unspecified atom stereocenters. The van der Waals surface area contributed by atoms with Gasteiger partial charge in [0.1, 0.15) is 5.82 Å². The molecular formula is C19H19BrFNO3S. The molecule has 0 fully saturated rings. The topological polar surface area (TPSA) is 63.2 Å². The summed E-state index contributed by atoms with van der Waals surface area (Å²) in [4.78, 5) is 13.0. The minimum atomic E-state index is -3.49. The standard InChI is InChI=1S/C19H19BrFNO3S/c20-12-10-11(7-8-13(12)21)17-18-14(5-3-6-16(18)23)22-15-4-1-2-9-26(24,25)19(15)17/h7-8,10,17,22H,1-6,9H2. The molecule has 1 aromatic carbocycles. The lowest BCUT2D eigenvalue weighted by Gasteiger charge is -2.35. The Balaban J connectivity index is 1.97. The van der Waals surface area contributed by atoms with Crippen LogP contribution in [-0.4, -0.2) is 20.0 Å². The number of hydrogen-bond acceptors (Lipinski definition) is 4. The second-order valence-corrected chi connectivity index (χ2v) is 9.95. The molecule has 4 rings (SSSR count). The van der Waals surface area contributed by atoms with Gasteiger partial charge < -0.3 is 5.32 Å². The summed E-state index contributed by atoms with van der Waals surface area (Å²) in [5, 5.41) is 3.28. The highest BCUT2D eigenvalue weighted by molar-refractivity contribution is 9.10. The number of dihydropyridines is 1. The van der Waals surface area contributed by atoms with Gasteiger partial charge in [0.05, 0.1) is 21.0 Å². The smallest absolute Gasteiger partial charge is 0.177 e. The van der Waals surface area contributed by atoms with E-state index < -0.39 is 21.6 Å². The molecule has 1 atom stereocenters. The van der Waals surface area contributed by atoms with Crippen molar-refractivity contribution in [2.24, 2.45) is 0 Å². The third kappa shape index (κ3) is 2.95. The highest BCUT2D eigenvalue weighted by Crippen LogP contribution is 2.46. The maximum atomic E-state index is 13.8. The molecule has 0 aromatic heterocycles. The fraction of sp³-hybridized carbons (Fsp3) is 0.421. The number of rotatable bonds is 1. The van der Waals surface area contributed by atoms with Crippen LogP contribution < -0.4 is 5.32 Å². The van der Waals surface area contributed by atoms with E-state index in [9.17, 15) is 17.6 Å². The summed E-state index contributed by atoms with van der Waals surface area (Å²) in [5.74, 6) is -0.988. The highest BCUT2D eigenvalue weighted by atomic mass is 79.9. The maximum absolute atomic E-state index is 13.8.